The Bertz CT molecular complexity index is 1640. The summed E-state index contributed by atoms with van der Waals surface area (Å²) in [5.41, 5.74) is 2.60. The van der Waals surface area contributed by atoms with E-state index < -0.39 is 5.97 Å². The van der Waals surface area contributed by atoms with Crippen LogP contribution in [0.1, 0.15) is 19.4 Å². The highest BCUT2D eigenvalue weighted by Gasteiger charge is 2.33. The number of aromatic nitrogens is 1. The van der Waals surface area contributed by atoms with Crippen LogP contribution in [0.3, 0.4) is 0 Å². The molecule has 41 heavy (non-hydrogen) atoms. The van der Waals surface area contributed by atoms with Crippen LogP contribution in [0.15, 0.2) is 100 Å². The maximum Gasteiger partial charge on any atom is 0.344 e. The maximum atomic E-state index is 12.9. The molecule has 210 valence electrons. The van der Waals surface area contributed by atoms with Gasteiger partial charge in [-0.2, -0.15) is 0 Å². The third-order valence-corrected chi connectivity index (χ3v) is 7.54. The molecule has 0 fully saturated rings. The summed E-state index contributed by atoms with van der Waals surface area (Å²) in [6.45, 7) is 5.46. The minimum atomic E-state index is -0.618. The summed E-state index contributed by atoms with van der Waals surface area (Å²) in [6.07, 6.45) is 3.89. The van der Waals surface area contributed by atoms with Gasteiger partial charge in [-0.1, -0.05) is 41.6 Å². The number of benzene rings is 3. The van der Waals surface area contributed by atoms with Crippen molar-refractivity contribution in [1.29, 1.82) is 0 Å². The van der Waals surface area contributed by atoms with E-state index in [1.807, 2.05) is 67.7 Å². The lowest BCUT2D eigenvalue weighted by atomic mass is 10.1. The first-order valence-electron chi connectivity index (χ1n) is 13.2. The molecule has 0 unspecified atom stereocenters. The zero-order valence-corrected chi connectivity index (χ0v) is 24.2. The number of rotatable bonds is 10. The molecule has 2 heterocycles. The molecular formula is C32H29ClN2O5S. The number of ether oxygens (including phenoxy) is 3. The number of thioether (sulfide) groups is 1. The van der Waals surface area contributed by atoms with E-state index in [2.05, 4.69) is 9.56 Å². The van der Waals surface area contributed by atoms with Crippen LogP contribution >= 0.6 is 23.4 Å². The van der Waals surface area contributed by atoms with Gasteiger partial charge in [0.05, 0.1) is 30.4 Å². The largest absolute Gasteiger partial charge is 0.506 e. The smallest absolute Gasteiger partial charge is 0.344 e. The molecule has 3 aromatic carbocycles. The van der Waals surface area contributed by atoms with Crippen molar-refractivity contribution in [3.63, 3.8) is 0 Å². The van der Waals surface area contributed by atoms with Crippen molar-refractivity contribution in [2.75, 3.05) is 19.8 Å². The summed E-state index contributed by atoms with van der Waals surface area (Å²) in [6, 6.07) is 22.5. The first-order chi connectivity index (χ1) is 20.0. The molecule has 1 aliphatic rings. The number of carbonyl (C=O) groups excluding carboxylic acids is 1. The third-order valence-electron chi connectivity index (χ3n) is 6.27. The van der Waals surface area contributed by atoms with Gasteiger partial charge in [0.15, 0.2) is 0 Å². The molecule has 5 rings (SSSR count). The Morgan fingerprint density at radius 3 is 2.41 bits per heavy atom. The minimum absolute atomic E-state index is 0.0529. The lowest BCUT2D eigenvalue weighted by Gasteiger charge is -2.08. The Morgan fingerprint density at radius 1 is 0.976 bits per heavy atom. The van der Waals surface area contributed by atoms with Gasteiger partial charge in [0.25, 0.3) is 0 Å². The molecule has 0 radical (unpaired) electrons. The second kappa shape index (κ2) is 13.0. The SMILES string of the molecule is CCOC(=O)C1=C(O)/C(=C/c2cn(CCOc3ccc(Cl)cc3)c3ccccc23)SC1=Nc1ccc(OCC)cc1. The molecule has 0 bridgehead atoms. The number of hydrogen-bond donors (Lipinski definition) is 1. The van der Waals surface area contributed by atoms with Crippen molar-refractivity contribution >= 4 is 57.0 Å². The van der Waals surface area contributed by atoms with E-state index >= 15 is 0 Å². The molecule has 0 saturated carbocycles. The first-order valence-corrected chi connectivity index (χ1v) is 14.4. The lowest BCUT2D eigenvalue weighted by Crippen LogP contribution is -2.12. The van der Waals surface area contributed by atoms with Crippen LogP contribution in [0.5, 0.6) is 11.5 Å². The fourth-order valence-electron chi connectivity index (χ4n) is 4.40. The van der Waals surface area contributed by atoms with Gasteiger partial charge >= 0.3 is 5.97 Å². The minimum Gasteiger partial charge on any atom is -0.506 e. The van der Waals surface area contributed by atoms with Gasteiger partial charge in [-0.05, 0) is 74.5 Å². The van der Waals surface area contributed by atoms with Gasteiger partial charge < -0.3 is 23.9 Å². The number of hydrogen-bond acceptors (Lipinski definition) is 7. The molecule has 1 aromatic heterocycles. The van der Waals surface area contributed by atoms with E-state index in [1.165, 1.54) is 11.8 Å². The third kappa shape index (κ3) is 6.61. The van der Waals surface area contributed by atoms with Gasteiger partial charge in [0, 0.05) is 27.7 Å². The van der Waals surface area contributed by atoms with E-state index in [0.29, 0.717) is 40.4 Å². The second-order valence-corrected chi connectivity index (χ2v) is 10.5. The van der Waals surface area contributed by atoms with Crippen LogP contribution in [0.4, 0.5) is 5.69 Å². The molecule has 1 N–H and O–H groups in total. The van der Waals surface area contributed by atoms with Crippen LogP contribution in [-0.4, -0.2) is 40.5 Å². The lowest BCUT2D eigenvalue weighted by molar-refractivity contribution is -0.138. The average molecular weight is 589 g/mol. The van der Waals surface area contributed by atoms with Gasteiger partial charge in [-0.25, -0.2) is 9.79 Å². The molecule has 4 aromatic rings. The van der Waals surface area contributed by atoms with E-state index in [4.69, 9.17) is 25.8 Å². The average Bonchev–Trinajstić information content (AvgIpc) is 3.47. The van der Waals surface area contributed by atoms with Crippen LogP contribution < -0.4 is 9.47 Å². The molecule has 0 aliphatic carbocycles. The number of para-hydroxylation sites is 1. The predicted octanol–water partition coefficient (Wildman–Crippen LogP) is 7.97. The Balaban J connectivity index is 1.44. The van der Waals surface area contributed by atoms with Crippen molar-refractivity contribution < 1.29 is 24.1 Å². The number of aliphatic imine (C=N–C) groups is 1. The number of aliphatic hydroxyl groups is 1. The molecule has 0 saturated heterocycles. The van der Waals surface area contributed by atoms with Crippen molar-refractivity contribution in [1.82, 2.24) is 4.57 Å². The fraction of sp³-hybridized carbons (Fsp3) is 0.188. The second-order valence-electron chi connectivity index (χ2n) is 9.00. The number of nitrogens with zero attached hydrogens (tertiary/aromatic N) is 2. The Kier molecular flexibility index (Phi) is 9.01. The quantitative estimate of drug-likeness (QED) is 0.189. The topological polar surface area (TPSA) is 82.3 Å². The van der Waals surface area contributed by atoms with E-state index in [0.717, 1.165) is 28.0 Å². The number of carbonyl (C=O) groups is 1. The number of esters is 1. The zero-order valence-electron chi connectivity index (χ0n) is 22.7. The molecule has 0 amide bonds. The number of halogens is 1. The van der Waals surface area contributed by atoms with Crippen molar-refractivity contribution in [3.8, 4) is 11.5 Å². The van der Waals surface area contributed by atoms with E-state index in [-0.39, 0.29) is 17.9 Å². The summed E-state index contributed by atoms with van der Waals surface area (Å²) in [5, 5.41) is 13.2. The highest BCUT2D eigenvalue weighted by Crippen LogP contribution is 2.41. The van der Waals surface area contributed by atoms with E-state index in [1.54, 1.807) is 31.2 Å². The molecule has 1 aliphatic heterocycles. The summed E-state index contributed by atoms with van der Waals surface area (Å²) in [7, 11) is 0. The first kappa shape index (κ1) is 28.4. The van der Waals surface area contributed by atoms with Gasteiger partial charge in [-0.15, -0.1) is 0 Å². The molecule has 9 heteroatoms. The van der Waals surface area contributed by atoms with Gasteiger partial charge in [-0.3, -0.25) is 0 Å². The number of fused-ring (bicyclic) bond motifs is 1. The Morgan fingerprint density at radius 2 is 1.68 bits per heavy atom. The molecule has 0 spiro atoms. The standard InChI is InChI=1S/C32H29ClN2O5S/c1-3-38-24-15-11-23(12-16-24)34-31-29(32(37)39-4-2)30(36)28(41-31)19-21-20-35(27-8-6-5-7-26(21)27)17-18-40-25-13-9-22(33)10-14-25/h5-16,19-20,36H,3-4,17-18H2,1-2H3/b28-19-,34-31?. The monoisotopic (exact) mass is 588 g/mol. The fourth-order valence-corrected chi connectivity index (χ4v) is 5.55. The van der Waals surface area contributed by atoms with Crippen molar-refractivity contribution in [2.45, 2.75) is 20.4 Å². The van der Waals surface area contributed by atoms with Crippen LogP contribution in [-0.2, 0) is 16.1 Å². The Labute approximate surface area is 247 Å². The summed E-state index contributed by atoms with van der Waals surface area (Å²) in [4.78, 5) is 18.0. The van der Waals surface area contributed by atoms with Crippen molar-refractivity contribution in [2.24, 2.45) is 4.99 Å². The molecule has 7 nitrogen and oxygen atoms in total. The Hall–Kier alpha value is -4.14. The summed E-state index contributed by atoms with van der Waals surface area (Å²) < 4.78 is 18.8. The molecule has 0 atom stereocenters. The highest BCUT2D eigenvalue weighted by atomic mass is 35.5. The van der Waals surface area contributed by atoms with Crippen LogP contribution in [0, 0.1) is 0 Å². The van der Waals surface area contributed by atoms with Crippen LogP contribution in [0.25, 0.3) is 17.0 Å². The van der Waals surface area contributed by atoms with Crippen LogP contribution in [0.2, 0.25) is 5.02 Å². The number of aliphatic hydroxyl groups excluding tert-OH is 1. The normalized spacial score (nSPS) is 15.2. The summed E-state index contributed by atoms with van der Waals surface area (Å²) >= 11 is 7.20. The predicted molar refractivity (Wildman–Crippen MR) is 165 cm³/mol. The maximum absolute atomic E-state index is 12.9. The zero-order chi connectivity index (χ0) is 28.8. The van der Waals surface area contributed by atoms with Gasteiger partial charge in [0.2, 0.25) is 0 Å². The summed E-state index contributed by atoms with van der Waals surface area (Å²) in [5.74, 6) is 0.708. The molecular weight excluding hydrogens is 560 g/mol. The van der Waals surface area contributed by atoms with Crippen molar-refractivity contribution in [3.05, 3.63) is 106 Å². The highest BCUT2D eigenvalue weighted by molar-refractivity contribution is 8.18. The van der Waals surface area contributed by atoms with E-state index in [9.17, 15) is 9.90 Å². The van der Waals surface area contributed by atoms with Gasteiger partial charge in [0.1, 0.15) is 34.5 Å².